The number of rotatable bonds is 5. The van der Waals surface area contributed by atoms with Gasteiger partial charge < -0.3 is 15.4 Å². The van der Waals surface area contributed by atoms with E-state index in [-0.39, 0.29) is 24.4 Å². The van der Waals surface area contributed by atoms with Crippen molar-refractivity contribution < 1.29 is 9.53 Å². The topological polar surface area (TPSA) is 50.4 Å². The molecular weight excluding hydrogens is 336 g/mol. The van der Waals surface area contributed by atoms with Crippen LogP contribution in [0.2, 0.25) is 0 Å². The van der Waals surface area contributed by atoms with E-state index in [1.165, 1.54) is 0 Å². The number of benzene rings is 2. The van der Waals surface area contributed by atoms with Crippen LogP contribution in [0.3, 0.4) is 0 Å². The van der Waals surface area contributed by atoms with Crippen LogP contribution in [0.5, 0.6) is 5.75 Å². The molecular formula is C20H25ClN2O2. The van der Waals surface area contributed by atoms with Crippen LogP contribution in [0.4, 0.5) is 0 Å². The molecule has 2 atom stereocenters. The Kier molecular flexibility index (Phi) is 7.29. The number of ether oxygens (including phenoxy) is 1. The third kappa shape index (κ3) is 5.76. The second-order valence-electron chi connectivity index (χ2n) is 6.35. The summed E-state index contributed by atoms with van der Waals surface area (Å²) in [6.07, 6.45) is 1.94. The molecule has 0 aliphatic carbocycles. The van der Waals surface area contributed by atoms with Gasteiger partial charge >= 0.3 is 0 Å². The Morgan fingerprint density at radius 1 is 1.20 bits per heavy atom. The maximum absolute atomic E-state index is 12.5. The average molecular weight is 361 g/mol. The van der Waals surface area contributed by atoms with E-state index in [9.17, 15) is 4.79 Å². The van der Waals surface area contributed by atoms with Crippen molar-refractivity contribution in [3.05, 3.63) is 65.7 Å². The lowest BCUT2D eigenvalue weighted by Crippen LogP contribution is -2.46. The lowest BCUT2D eigenvalue weighted by Gasteiger charge is -2.28. The molecule has 2 aromatic rings. The molecule has 5 heteroatoms. The minimum absolute atomic E-state index is 0. The molecule has 1 fully saturated rings. The summed E-state index contributed by atoms with van der Waals surface area (Å²) in [4.78, 5) is 12.5. The van der Waals surface area contributed by atoms with Crippen LogP contribution in [-0.4, -0.2) is 24.5 Å². The van der Waals surface area contributed by atoms with Crippen molar-refractivity contribution in [3.8, 4) is 5.75 Å². The molecule has 0 spiro atoms. The van der Waals surface area contributed by atoms with Crippen molar-refractivity contribution in [1.82, 2.24) is 10.6 Å². The Morgan fingerprint density at radius 3 is 2.76 bits per heavy atom. The van der Waals surface area contributed by atoms with Gasteiger partial charge in [0.2, 0.25) is 0 Å². The molecule has 134 valence electrons. The maximum atomic E-state index is 12.5. The van der Waals surface area contributed by atoms with Gasteiger partial charge in [0.25, 0.3) is 5.91 Å². The highest BCUT2D eigenvalue weighted by molar-refractivity contribution is 5.94. The average Bonchev–Trinajstić information content (AvgIpc) is 2.61. The molecule has 0 bridgehead atoms. The van der Waals surface area contributed by atoms with Gasteiger partial charge in [-0.25, -0.2) is 0 Å². The van der Waals surface area contributed by atoms with E-state index in [2.05, 4.69) is 17.6 Å². The minimum Gasteiger partial charge on any atom is -0.489 e. The van der Waals surface area contributed by atoms with Gasteiger partial charge in [-0.1, -0.05) is 36.4 Å². The van der Waals surface area contributed by atoms with E-state index in [0.29, 0.717) is 24.0 Å². The summed E-state index contributed by atoms with van der Waals surface area (Å²) in [6.45, 7) is 3.60. The van der Waals surface area contributed by atoms with E-state index < -0.39 is 0 Å². The first-order valence-electron chi connectivity index (χ1n) is 8.52. The summed E-state index contributed by atoms with van der Waals surface area (Å²) in [5, 5.41) is 6.53. The smallest absolute Gasteiger partial charge is 0.251 e. The van der Waals surface area contributed by atoms with Crippen molar-refractivity contribution in [2.75, 3.05) is 6.54 Å². The van der Waals surface area contributed by atoms with E-state index in [1.54, 1.807) is 0 Å². The van der Waals surface area contributed by atoms with Gasteiger partial charge in [0, 0.05) is 17.6 Å². The molecule has 0 saturated carbocycles. The number of amides is 1. The molecule has 1 amide bonds. The first kappa shape index (κ1) is 19.3. The summed E-state index contributed by atoms with van der Waals surface area (Å²) in [7, 11) is 0. The first-order chi connectivity index (χ1) is 11.7. The number of nitrogens with one attached hydrogen (secondary N) is 2. The fourth-order valence-electron chi connectivity index (χ4n) is 3.00. The van der Waals surface area contributed by atoms with Crippen molar-refractivity contribution in [2.45, 2.75) is 38.5 Å². The molecule has 4 nitrogen and oxygen atoms in total. The van der Waals surface area contributed by atoms with Gasteiger partial charge in [-0.15, -0.1) is 12.4 Å². The van der Waals surface area contributed by atoms with Crippen LogP contribution in [0.1, 0.15) is 35.7 Å². The Labute approximate surface area is 155 Å². The van der Waals surface area contributed by atoms with Gasteiger partial charge in [0.05, 0.1) is 0 Å². The predicted octanol–water partition coefficient (Wildman–Crippen LogP) is 3.56. The quantitative estimate of drug-likeness (QED) is 0.857. The Bertz CT molecular complexity index is 678. The van der Waals surface area contributed by atoms with E-state index in [1.807, 2.05) is 54.6 Å². The van der Waals surface area contributed by atoms with Crippen molar-refractivity contribution >= 4 is 18.3 Å². The van der Waals surface area contributed by atoms with Crippen LogP contribution in [-0.2, 0) is 6.61 Å². The van der Waals surface area contributed by atoms with Gasteiger partial charge in [-0.2, -0.15) is 0 Å². The van der Waals surface area contributed by atoms with Gasteiger partial charge in [0.1, 0.15) is 12.4 Å². The third-order valence-corrected chi connectivity index (χ3v) is 4.30. The van der Waals surface area contributed by atoms with Crippen LogP contribution in [0, 0.1) is 0 Å². The summed E-state index contributed by atoms with van der Waals surface area (Å²) in [5.74, 6) is 0.685. The molecule has 2 N–H and O–H groups in total. The van der Waals surface area contributed by atoms with E-state index in [4.69, 9.17) is 4.74 Å². The van der Waals surface area contributed by atoms with Gasteiger partial charge in [-0.05, 0) is 50.1 Å². The molecule has 1 aliphatic heterocycles. The zero-order chi connectivity index (χ0) is 16.8. The molecule has 1 heterocycles. The summed E-state index contributed by atoms with van der Waals surface area (Å²) >= 11 is 0. The molecule has 1 saturated heterocycles. The second-order valence-corrected chi connectivity index (χ2v) is 6.35. The predicted molar refractivity (Wildman–Crippen MR) is 102 cm³/mol. The van der Waals surface area contributed by atoms with Crippen molar-refractivity contribution in [2.24, 2.45) is 0 Å². The Morgan fingerprint density at radius 2 is 2.00 bits per heavy atom. The van der Waals surface area contributed by atoms with Crippen LogP contribution < -0.4 is 15.4 Å². The molecule has 3 rings (SSSR count). The highest BCUT2D eigenvalue weighted by Crippen LogP contribution is 2.16. The van der Waals surface area contributed by atoms with Crippen LogP contribution >= 0.6 is 12.4 Å². The minimum atomic E-state index is -0.0285. The number of carbonyl (C=O) groups is 1. The largest absolute Gasteiger partial charge is 0.489 e. The highest BCUT2D eigenvalue weighted by Gasteiger charge is 2.20. The summed E-state index contributed by atoms with van der Waals surface area (Å²) < 4.78 is 5.80. The number of piperidine rings is 1. The number of hydrogen-bond acceptors (Lipinski definition) is 3. The zero-order valence-electron chi connectivity index (χ0n) is 14.4. The van der Waals surface area contributed by atoms with Gasteiger partial charge in [0.15, 0.2) is 0 Å². The second kappa shape index (κ2) is 9.44. The number of hydrogen-bond donors (Lipinski definition) is 2. The molecule has 0 aromatic heterocycles. The third-order valence-electron chi connectivity index (χ3n) is 4.30. The number of halogens is 1. The van der Waals surface area contributed by atoms with Gasteiger partial charge in [-0.3, -0.25) is 4.79 Å². The standard InChI is InChI=1S/C20H24N2O2.ClH/c1-15-12-18(10-11-21-15)22-20(23)17-8-5-9-19(13-17)24-14-16-6-3-2-4-7-16;/h2-9,13,15,18,21H,10-12,14H2,1H3,(H,22,23);1H. The molecule has 2 aromatic carbocycles. The molecule has 2 unspecified atom stereocenters. The zero-order valence-corrected chi connectivity index (χ0v) is 15.2. The normalized spacial score (nSPS) is 19.6. The van der Waals surface area contributed by atoms with E-state index >= 15 is 0 Å². The first-order valence-corrected chi connectivity index (χ1v) is 8.52. The molecule has 0 radical (unpaired) electrons. The lowest BCUT2D eigenvalue weighted by atomic mass is 10.0. The Balaban J connectivity index is 0.00000225. The van der Waals surface area contributed by atoms with E-state index in [0.717, 1.165) is 24.9 Å². The molecule has 1 aliphatic rings. The lowest BCUT2D eigenvalue weighted by molar-refractivity contribution is 0.0925. The highest BCUT2D eigenvalue weighted by atomic mass is 35.5. The Hall–Kier alpha value is -2.04. The fraction of sp³-hybridized carbons (Fsp3) is 0.350. The molecule has 25 heavy (non-hydrogen) atoms. The van der Waals surface area contributed by atoms with Crippen molar-refractivity contribution in [3.63, 3.8) is 0 Å². The monoisotopic (exact) mass is 360 g/mol. The summed E-state index contributed by atoms with van der Waals surface area (Å²) in [6, 6.07) is 18.1. The summed E-state index contributed by atoms with van der Waals surface area (Å²) in [5.41, 5.74) is 1.75. The SMILES string of the molecule is CC1CC(NC(=O)c2cccc(OCc3ccccc3)c2)CCN1.Cl. The number of carbonyl (C=O) groups excluding carboxylic acids is 1. The van der Waals surface area contributed by atoms with Crippen molar-refractivity contribution in [1.29, 1.82) is 0 Å². The maximum Gasteiger partial charge on any atom is 0.251 e. The van der Waals surface area contributed by atoms with Crippen LogP contribution in [0.15, 0.2) is 54.6 Å². The van der Waals surface area contributed by atoms with Crippen LogP contribution in [0.25, 0.3) is 0 Å². The fourth-order valence-corrected chi connectivity index (χ4v) is 3.00.